The lowest BCUT2D eigenvalue weighted by Gasteiger charge is -2.38. The van der Waals surface area contributed by atoms with Crippen molar-refractivity contribution in [1.82, 2.24) is 10.2 Å². The van der Waals surface area contributed by atoms with Crippen molar-refractivity contribution < 1.29 is 0 Å². The normalized spacial score (nSPS) is 42.7. The van der Waals surface area contributed by atoms with E-state index in [-0.39, 0.29) is 0 Å². The summed E-state index contributed by atoms with van der Waals surface area (Å²) in [6, 6.07) is 0.826. The third-order valence-corrected chi connectivity index (χ3v) is 2.37. The topological polar surface area (TPSA) is 15.3 Å². The van der Waals surface area contributed by atoms with Gasteiger partial charge in [0.05, 0.1) is 0 Å². The van der Waals surface area contributed by atoms with Crippen LogP contribution in [0.2, 0.25) is 0 Å². The van der Waals surface area contributed by atoms with E-state index in [1.165, 1.54) is 39.0 Å². The standard InChI is InChI=1S/C7H14N2/c1-2-7-6-9(4-1)5-3-8-7/h7-8H,1-6H2. The number of piperidine rings is 1. The predicted molar refractivity (Wildman–Crippen MR) is 37.5 cm³/mol. The maximum absolute atomic E-state index is 3.51. The molecule has 0 amide bonds. The summed E-state index contributed by atoms with van der Waals surface area (Å²) in [5.41, 5.74) is 0. The number of nitrogens with zero attached hydrogens (tertiary/aromatic N) is 1. The zero-order valence-corrected chi connectivity index (χ0v) is 5.77. The Morgan fingerprint density at radius 1 is 1.33 bits per heavy atom. The SMILES string of the molecule is C1CC2CN(C1)CCN2. The van der Waals surface area contributed by atoms with Gasteiger partial charge >= 0.3 is 0 Å². The summed E-state index contributed by atoms with van der Waals surface area (Å²) in [6.07, 6.45) is 2.80. The zero-order chi connectivity index (χ0) is 6.10. The summed E-state index contributed by atoms with van der Waals surface area (Å²) in [6.45, 7) is 5.14. The average molecular weight is 126 g/mol. The lowest BCUT2D eigenvalue weighted by atomic mass is 10.0. The van der Waals surface area contributed by atoms with Gasteiger partial charge in [0.15, 0.2) is 0 Å². The maximum atomic E-state index is 3.51. The smallest absolute Gasteiger partial charge is 0.0196 e. The third kappa shape index (κ3) is 1.10. The van der Waals surface area contributed by atoms with E-state index in [2.05, 4.69) is 10.2 Å². The van der Waals surface area contributed by atoms with Crippen LogP contribution >= 0.6 is 0 Å². The van der Waals surface area contributed by atoms with Crippen LogP contribution < -0.4 is 5.32 Å². The molecule has 2 nitrogen and oxygen atoms in total. The van der Waals surface area contributed by atoms with Crippen LogP contribution in [0.15, 0.2) is 0 Å². The molecule has 2 aliphatic heterocycles. The molecule has 0 spiro atoms. The maximum Gasteiger partial charge on any atom is 0.0196 e. The molecule has 2 fully saturated rings. The molecule has 2 bridgehead atoms. The highest BCUT2D eigenvalue weighted by Crippen LogP contribution is 2.11. The van der Waals surface area contributed by atoms with Gasteiger partial charge in [-0.3, -0.25) is 0 Å². The fraction of sp³-hybridized carbons (Fsp3) is 1.00. The Morgan fingerprint density at radius 2 is 2.33 bits per heavy atom. The van der Waals surface area contributed by atoms with Gasteiger partial charge in [0.25, 0.3) is 0 Å². The van der Waals surface area contributed by atoms with Gasteiger partial charge in [-0.15, -0.1) is 0 Å². The predicted octanol–water partition coefficient (Wildman–Crippen LogP) is 0.0540. The first-order chi connectivity index (χ1) is 4.45. The molecular weight excluding hydrogens is 112 g/mol. The van der Waals surface area contributed by atoms with Gasteiger partial charge in [-0.05, 0) is 19.4 Å². The summed E-state index contributed by atoms with van der Waals surface area (Å²) < 4.78 is 0. The number of nitrogens with one attached hydrogen (secondary N) is 1. The van der Waals surface area contributed by atoms with Crippen LogP contribution in [-0.2, 0) is 0 Å². The lowest BCUT2D eigenvalue weighted by Crippen LogP contribution is -2.53. The summed E-state index contributed by atoms with van der Waals surface area (Å²) in [4.78, 5) is 2.56. The molecule has 2 heterocycles. The second-order valence-corrected chi connectivity index (χ2v) is 3.09. The molecule has 0 aromatic heterocycles. The molecule has 0 aromatic carbocycles. The van der Waals surface area contributed by atoms with Gasteiger partial charge < -0.3 is 10.2 Å². The molecule has 2 atom stereocenters. The van der Waals surface area contributed by atoms with Crippen molar-refractivity contribution in [3.05, 3.63) is 0 Å². The van der Waals surface area contributed by atoms with Crippen molar-refractivity contribution in [2.45, 2.75) is 18.9 Å². The van der Waals surface area contributed by atoms with Crippen LogP contribution in [0.25, 0.3) is 0 Å². The van der Waals surface area contributed by atoms with Gasteiger partial charge in [-0.1, -0.05) is 0 Å². The molecular formula is C7H14N2. The monoisotopic (exact) mass is 126 g/mol. The Bertz CT molecular complexity index is 83.1. The molecule has 2 aliphatic rings. The Labute approximate surface area is 56.2 Å². The highest BCUT2D eigenvalue weighted by Gasteiger charge is 2.22. The van der Waals surface area contributed by atoms with Crippen molar-refractivity contribution in [3.63, 3.8) is 0 Å². The van der Waals surface area contributed by atoms with Crippen molar-refractivity contribution in [1.29, 1.82) is 0 Å². The molecule has 2 heteroatoms. The van der Waals surface area contributed by atoms with E-state index in [1.54, 1.807) is 0 Å². The third-order valence-electron chi connectivity index (χ3n) is 2.37. The molecule has 52 valence electrons. The van der Waals surface area contributed by atoms with Crippen molar-refractivity contribution >= 4 is 0 Å². The molecule has 0 aliphatic carbocycles. The minimum Gasteiger partial charge on any atom is -0.311 e. The molecule has 0 saturated carbocycles. The summed E-state index contributed by atoms with van der Waals surface area (Å²) in [5, 5.41) is 3.51. The van der Waals surface area contributed by atoms with Crippen LogP contribution in [0.5, 0.6) is 0 Å². The second-order valence-electron chi connectivity index (χ2n) is 3.09. The van der Waals surface area contributed by atoms with Crippen molar-refractivity contribution in [3.8, 4) is 0 Å². The minimum atomic E-state index is 0.826. The minimum absolute atomic E-state index is 0.826. The summed E-state index contributed by atoms with van der Waals surface area (Å²) >= 11 is 0. The van der Waals surface area contributed by atoms with Gasteiger partial charge in [0.1, 0.15) is 0 Å². The van der Waals surface area contributed by atoms with Crippen molar-refractivity contribution in [2.24, 2.45) is 0 Å². The number of piperazine rings is 1. The highest BCUT2D eigenvalue weighted by atomic mass is 15.2. The Balaban J connectivity index is 1.96. The van der Waals surface area contributed by atoms with Gasteiger partial charge in [-0.25, -0.2) is 0 Å². The van der Waals surface area contributed by atoms with Gasteiger partial charge in [0.2, 0.25) is 0 Å². The second kappa shape index (κ2) is 2.27. The quantitative estimate of drug-likeness (QED) is 0.493. The van der Waals surface area contributed by atoms with Gasteiger partial charge in [0, 0.05) is 25.7 Å². The lowest BCUT2D eigenvalue weighted by molar-refractivity contribution is 0.152. The number of rotatable bonds is 0. The van der Waals surface area contributed by atoms with Crippen LogP contribution in [0.3, 0.4) is 0 Å². The van der Waals surface area contributed by atoms with Crippen LogP contribution in [0.1, 0.15) is 12.8 Å². The van der Waals surface area contributed by atoms with Crippen LogP contribution in [0, 0.1) is 0 Å². The van der Waals surface area contributed by atoms with E-state index in [1.807, 2.05) is 0 Å². The first-order valence-electron chi connectivity index (χ1n) is 3.91. The van der Waals surface area contributed by atoms with E-state index in [0.29, 0.717) is 0 Å². The van der Waals surface area contributed by atoms with Crippen LogP contribution in [0.4, 0.5) is 0 Å². The first kappa shape index (κ1) is 5.69. The van der Waals surface area contributed by atoms with Gasteiger partial charge in [-0.2, -0.15) is 0 Å². The van der Waals surface area contributed by atoms with E-state index in [0.717, 1.165) is 6.04 Å². The number of hydrogen-bond donors (Lipinski definition) is 1. The molecule has 2 saturated heterocycles. The summed E-state index contributed by atoms with van der Waals surface area (Å²) in [7, 11) is 0. The molecule has 0 radical (unpaired) electrons. The molecule has 0 aromatic rings. The van der Waals surface area contributed by atoms with E-state index in [9.17, 15) is 0 Å². The molecule has 1 N–H and O–H groups in total. The summed E-state index contributed by atoms with van der Waals surface area (Å²) in [5.74, 6) is 0. The molecule has 9 heavy (non-hydrogen) atoms. The van der Waals surface area contributed by atoms with E-state index in [4.69, 9.17) is 0 Å². The number of fused-ring (bicyclic) bond motifs is 2. The molecule has 2 unspecified atom stereocenters. The van der Waals surface area contributed by atoms with Crippen molar-refractivity contribution in [2.75, 3.05) is 26.2 Å². The zero-order valence-electron chi connectivity index (χ0n) is 5.77. The van der Waals surface area contributed by atoms with Crippen LogP contribution in [-0.4, -0.2) is 37.1 Å². The van der Waals surface area contributed by atoms with E-state index < -0.39 is 0 Å². The molecule has 2 rings (SSSR count). The number of hydrogen-bond acceptors (Lipinski definition) is 2. The fourth-order valence-electron chi connectivity index (χ4n) is 1.85. The average Bonchev–Trinajstić information content (AvgIpc) is 1.88. The first-order valence-corrected chi connectivity index (χ1v) is 3.91. The Hall–Kier alpha value is -0.0800. The fourth-order valence-corrected chi connectivity index (χ4v) is 1.85. The van der Waals surface area contributed by atoms with E-state index >= 15 is 0 Å². The highest BCUT2D eigenvalue weighted by molar-refractivity contribution is 4.82. The Kier molecular flexibility index (Phi) is 1.44. The Morgan fingerprint density at radius 3 is 3.11 bits per heavy atom. The largest absolute Gasteiger partial charge is 0.311 e.